The Morgan fingerprint density at radius 1 is 0.769 bits per heavy atom. The summed E-state index contributed by atoms with van der Waals surface area (Å²) >= 11 is 0. The second-order valence-electron chi connectivity index (χ2n) is 5.63. The SMILES string of the molecule is CC#Cc1ccc2c(c1)C(=O)OC2=O.CC1OC(C)OC(C)OC(C)O1. The lowest BCUT2D eigenvalue weighted by Gasteiger charge is -2.30. The molecule has 0 aromatic heterocycles. The fraction of sp³-hybridized carbons (Fsp3) is 0.474. The van der Waals surface area contributed by atoms with Gasteiger partial charge >= 0.3 is 11.9 Å². The van der Waals surface area contributed by atoms with E-state index in [-0.39, 0.29) is 25.2 Å². The Morgan fingerprint density at radius 2 is 1.23 bits per heavy atom. The number of rotatable bonds is 0. The van der Waals surface area contributed by atoms with Crippen LogP contribution in [0.1, 0.15) is 60.9 Å². The minimum Gasteiger partial charge on any atom is -0.386 e. The molecule has 3 rings (SSSR count). The van der Waals surface area contributed by atoms with Crippen LogP contribution in [0.2, 0.25) is 0 Å². The molecule has 0 aliphatic carbocycles. The van der Waals surface area contributed by atoms with Crippen LogP contribution in [0.5, 0.6) is 0 Å². The van der Waals surface area contributed by atoms with E-state index in [4.69, 9.17) is 18.9 Å². The first-order chi connectivity index (χ1) is 12.3. The number of carbonyl (C=O) groups excluding carboxylic acids is 2. The maximum absolute atomic E-state index is 11.1. The van der Waals surface area contributed by atoms with E-state index in [1.807, 2.05) is 27.7 Å². The van der Waals surface area contributed by atoms with Gasteiger partial charge in [0.1, 0.15) is 0 Å². The second kappa shape index (κ2) is 8.92. The highest BCUT2D eigenvalue weighted by atomic mass is 16.9. The van der Waals surface area contributed by atoms with Crippen molar-refractivity contribution < 1.29 is 33.3 Å². The zero-order valence-corrected chi connectivity index (χ0v) is 15.4. The van der Waals surface area contributed by atoms with Crippen LogP contribution < -0.4 is 0 Å². The first kappa shape index (κ1) is 20.1. The number of cyclic esters (lactones) is 2. The Kier molecular flexibility index (Phi) is 6.89. The average Bonchev–Trinajstić information content (AvgIpc) is 2.80. The van der Waals surface area contributed by atoms with Gasteiger partial charge in [0.25, 0.3) is 0 Å². The third kappa shape index (κ3) is 5.38. The summed E-state index contributed by atoms with van der Waals surface area (Å²) in [6.07, 6.45) is -1.16. The van der Waals surface area contributed by atoms with E-state index < -0.39 is 11.9 Å². The van der Waals surface area contributed by atoms with Gasteiger partial charge < -0.3 is 23.7 Å². The summed E-state index contributed by atoms with van der Waals surface area (Å²) in [6, 6.07) is 4.82. The predicted molar refractivity (Wildman–Crippen MR) is 90.9 cm³/mol. The van der Waals surface area contributed by atoms with Crippen molar-refractivity contribution in [1.29, 1.82) is 0 Å². The van der Waals surface area contributed by atoms with Gasteiger partial charge in [-0.15, -0.1) is 5.92 Å². The van der Waals surface area contributed by atoms with Crippen molar-refractivity contribution in [1.82, 2.24) is 0 Å². The second-order valence-corrected chi connectivity index (χ2v) is 5.63. The monoisotopic (exact) mass is 362 g/mol. The molecular weight excluding hydrogens is 340 g/mol. The molecule has 1 aromatic carbocycles. The molecule has 0 bridgehead atoms. The van der Waals surface area contributed by atoms with E-state index in [2.05, 4.69) is 16.6 Å². The third-order valence-corrected chi connectivity index (χ3v) is 3.45. The molecule has 26 heavy (non-hydrogen) atoms. The molecule has 140 valence electrons. The summed E-state index contributed by atoms with van der Waals surface area (Å²) in [4.78, 5) is 22.2. The highest BCUT2D eigenvalue weighted by molar-refractivity contribution is 6.14. The normalized spacial score (nSPS) is 27.7. The van der Waals surface area contributed by atoms with Gasteiger partial charge in [0.05, 0.1) is 11.1 Å². The van der Waals surface area contributed by atoms with Crippen molar-refractivity contribution in [3.8, 4) is 11.8 Å². The van der Waals surface area contributed by atoms with Crippen LogP contribution in [-0.2, 0) is 23.7 Å². The molecule has 1 aromatic rings. The minimum atomic E-state index is -0.593. The quantitative estimate of drug-likeness (QED) is 0.399. The van der Waals surface area contributed by atoms with Crippen LogP contribution in [0.15, 0.2) is 18.2 Å². The van der Waals surface area contributed by atoms with Crippen LogP contribution in [0.4, 0.5) is 0 Å². The van der Waals surface area contributed by atoms with Gasteiger partial charge in [0.2, 0.25) is 0 Å². The van der Waals surface area contributed by atoms with E-state index in [1.54, 1.807) is 25.1 Å². The first-order valence-corrected chi connectivity index (χ1v) is 8.25. The number of fused-ring (bicyclic) bond motifs is 1. The van der Waals surface area contributed by atoms with Crippen molar-refractivity contribution in [2.45, 2.75) is 59.8 Å². The molecular formula is C19H22O7. The number of hydrogen-bond donors (Lipinski definition) is 0. The summed E-state index contributed by atoms with van der Waals surface area (Å²) in [7, 11) is 0. The average molecular weight is 362 g/mol. The molecule has 7 heteroatoms. The smallest absolute Gasteiger partial charge is 0.346 e. The van der Waals surface area contributed by atoms with E-state index in [0.717, 1.165) is 0 Å². The van der Waals surface area contributed by atoms with Gasteiger partial charge in [-0.3, -0.25) is 0 Å². The van der Waals surface area contributed by atoms with E-state index in [1.165, 1.54) is 0 Å². The predicted octanol–water partition coefficient (Wildman–Crippen LogP) is 2.82. The molecule has 0 spiro atoms. The van der Waals surface area contributed by atoms with Crippen molar-refractivity contribution in [2.75, 3.05) is 0 Å². The van der Waals surface area contributed by atoms with Crippen LogP contribution in [-0.4, -0.2) is 37.1 Å². The molecule has 2 heterocycles. The molecule has 0 amide bonds. The summed E-state index contributed by atoms with van der Waals surface area (Å²) in [6.45, 7) is 8.97. The van der Waals surface area contributed by atoms with Crippen molar-refractivity contribution in [2.24, 2.45) is 0 Å². The lowest BCUT2D eigenvalue weighted by molar-refractivity contribution is -0.367. The van der Waals surface area contributed by atoms with Crippen molar-refractivity contribution in [3.05, 3.63) is 34.9 Å². The van der Waals surface area contributed by atoms with E-state index in [0.29, 0.717) is 16.7 Å². The van der Waals surface area contributed by atoms with Gasteiger partial charge in [-0.25, -0.2) is 9.59 Å². The molecule has 1 fully saturated rings. The lowest BCUT2D eigenvalue weighted by atomic mass is 10.1. The number of carbonyl (C=O) groups is 2. The van der Waals surface area contributed by atoms with Crippen LogP contribution >= 0.6 is 0 Å². The zero-order valence-electron chi connectivity index (χ0n) is 15.4. The van der Waals surface area contributed by atoms with Crippen molar-refractivity contribution >= 4 is 11.9 Å². The maximum atomic E-state index is 11.1. The molecule has 0 N–H and O–H groups in total. The van der Waals surface area contributed by atoms with Crippen LogP contribution in [0, 0.1) is 11.8 Å². The molecule has 0 unspecified atom stereocenters. The Bertz CT molecular complexity index is 691. The van der Waals surface area contributed by atoms with Gasteiger partial charge in [-0.1, -0.05) is 5.92 Å². The summed E-state index contributed by atoms with van der Waals surface area (Å²) in [5.74, 6) is 4.34. The minimum absolute atomic E-state index is 0.289. The first-order valence-electron chi connectivity index (χ1n) is 8.25. The largest absolute Gasteiger partial charge is 0.386 e. The number of hydrogen-bond acceptors (Lipinski definition) is 7. The summed E-state index contributed by atoms with van der Waals surface area (Å²) in [5, 5.41) is 0. The van der Waals surface area contributed by atoms with Gasteiger partial charge in [0.15, 0.2) is 25.2 Å². The third-order valence-electron chi connectivity index (χ3n) is 3.45. The molecule has 1 saturated heterocycles. The fourth-order valence-electron chi connectivity index (χ4n) is 2.52. The standard InChI is InChI=1S/C11H6O3.C8H16O4/c1-2-3-7-4-5-8-9(6-7)11(13)14-10(8)12;1-5-9-6(2)11-8(4)12-7(3)10-5/h4-6H,1H3;5-8H,1-4H3. The van der Waals surface area contributed by atoms with E-state index in [9.17, 15) is 9.59 Å². The Labute approximate surface area is 152 Å². The van der Waals surface area contributed by atoms with E-state index >= 15 is 0 Å². The Balaban J connectivity index is 0.000000190. The number of benzene rings is 1. The fourth-order valence-corrected chi connectivity index (χ4v) is 2.52. The number of esters is 2. The van der Waals surface area contributed by atoms with Gasteiger partial charge in [-0.05, 0) is 52.8 Å². The lowest BCUT2D eigenvalue weighted by Crippen LogP contribution is -2.35. The number of ether oxygens (including phenoxy) is 5. The molecule has 2 aliphatic heterocycles. The van der Waals surface area contributed by atoms with Gasteiger partial charge in [-0.2, -0.15) is 0 Å². The highest BCUT2D eigenvalue weighted by Crippen LogP contribution is 2.20. The molecule has 0 saturated carbocycles. The topological polar surface area (TPSA) is 80.3 Å². The Hall–Kier alpha value is -2.24. The summed E-state index contributed by atoms with van der Waals surface area (Å²) < 4.78 is 25.7. The molecule has 0 radical (unpaired) electrons. The Morgan fingerprint density at radius 3 is 1.69 bits per heavy atom. The maximum Gasteiger partial charge on any atom is 0.346 e. The molecule has 2 aliphatic rings. The molecule has 7 nitrogen and oxygen atoms in total. The summed E-state index contributed by atoms with van der Waals surface area (Å²) in [5.41, 5.74) is 1.32. The van der Waals surface area contributed by atoms with Crippen LogP contribution in [0.25, 0.3) is 0 Å². The van der Waals surface area contributed by atoms with Gasteiger partial charge in [0, 0.05) is 5.56 Å². The van der Waals surface area contributed by atoms with Crippen molar-refractivity contribution in [3.63, 3.8) is 0 Å². The van der Waals surface area contributed by atoms with Crippen LogP contribution in [0.3, 0.4) is 0 Å². The highest BCUT2D eigenvalue weighted by Gasteiger charge is 2.29. The zero-order chi connectivity index (χ0) is 19.3. The molecule has 0 atom stereocenters.